The van der Waals surface area contributed by atoms with Gasteiger partial charge in [-0.25, -0.2) is 4.39 Å². The Kier molecular flexibility index (Phi) is 7.50. The molecule has 1 atom stereocenters. The number of hydrogen-bond acceptors (Lipinski definition) is 7. The molecule has 2 heterocycles. The van der Waals surface area contributed by atoms with Gasteiger partial charge in [0.1, 0.15) is 17.3 Å². The number of hydrogen-bond donors (Lipinski definition) is 2. The number of aryl methyl sites for hydroxylation is 1. The zero-order chi connectivity index (χ0) is 25.7. The van der Waals surface area contributed by atoms with Crippen molar-refractivity contribution < 1.29 is 37.4 Å². The Balaban J connectivity index is 1.74. The van der Waals surface area contributed by atoms with E-state index in [1.165, 1.54) is 31.4 Å². The van der Waals surface area contributed by atoms with Crippen molar-refractivity contribution in [3.8, 4) is 11.5 Å². The molecule has 4 rings (SSSR count). The first-order valence-corrected chi connectivity index (χ1v) is 11.0. The summed E-state index contributed by atoms with van der Waals surface area (Å²) < 4.78 is 34.8. The fourth-order valence-corrected chi connectivity index (χ4v) is 3.59. The van der Waals surface area contributed by atoms with Crippen molar-refractivity contribution in [2.75, 3.05) is 37.3 Å². The molecule has 2 N–H and O–H groups in total. The first-order valence-electron chi connectivity index (χ1n) is 11.0. The van der Waals surface area contributed by atoms with E-state index in [-0.39, 0.29) is 37.1 Å². The van der Waals surface area contributed by atoms with Crippen molar-refractivity contribution >= 4 is 29.1 Å². The van der Waals surface area contributed by atoms with Crippen LogP contribution in [0.5, 0.6) is 11.5 Å². The van der Waals surface area contributed by atoms with Crippen molar-refractivity contribution in [3.05, 3.63) is 71.9 Å². The third kappa shape index (κ3) is 5.47. The summed E-state index contributed by atoms with van der Waals surface area (Å²) in [5.41, 5.74) is 0.398. The van der Waals surface area contributed by atoms with Crippen LogP contribution in [-0.4, -0.2) is 44.8 Å². The molecule has 0 fully saturated rings. The van der Waals surface area contributed by atoms with Crippen molar-refractivity contribution in [2.24, 2.45) is 0 Å². The van der Waals surface area contributed by atoms with E-state index >= 15 is 0 Å². The number of fused-ring (bicyclic) bond motifs is 1. The molecule has 0 spiro atoms. The van der Waals surface area contributed by atoms with E-state index < -0.39 is 29.6 Å². The molecule has 0 unspecified atom stereocenters. The lowest BCUT2D eigenvalue weighted by Crippen LogP contribution is -2.48. The van der Waals surface area contributed by atoms with Gasteiger partial charge in [0.15, 0.2) is 17.5 Å². The Morgan fingerprint density at radius 2 is 1.81 bits per heavy atom. The lowest BCUT2D eigenvalue weighted by molar-refractivity contribution is -0.136. The highest BCUT2D eigenvalue weighted by atomic mass is 19.1. The molecule has 3 amide bonds. The lowest BCUT2D eigenvalue weighted by Gasteiger charge is -2.29. The largest absolute Gasteiger partial charge is 0.464 e. The van der Waals surface area contributed by atoms with E-state index in [9.17, 15) is 18.8 Å². The molecule has 3 aromatic rings. The van der Waals surface area contributed by atoms with Gasteiger partial charge in [-0.05, 0) is 55.5 Å². The van der Waals surface area contributed by atoms with Crippen molar-refractivity contribution in [3.63, 3.8) is 0 Å². The normalized spacial score (nSPS) is 12.6. The van der Waals surface area contributed by atoms with Gasteiger partial charge in [-0.3, -0.25) is 19.3 Å². The maximum Gasteiger partial charge on any atom is 0.317 e. The highest BCUT2D eigenvalue weighted by Crippen LogP contribution is 2.38. The van der Waals surface area contributed by atoms with Crippen LogP contribution in [0.25, 0.3) is 0 Å². The van der Waals surface area contributed by atoms with E-state index in [1.54, 1.807) is 25.1 Å². The predicted molar refractivity (Wildman–Crippen MR) is 126 cm³/mol. The lowest BCUT2D eigenvalue weighted by atomic mass is 10.1. The summed E-state index contributed by atoms with van der Waals surface area (Å²) in [6.07, 6.45) is 0. The summed E-state index contributed by atoms with van der Waals surface area (Å²) in [5, 5.41) is 5.14. The van der Waals surface area contributed by atoms with E-state index in [1.807, 2.05) is 0 Å². The summed E-state index contributed by atoms with van der Waals surface area (Å²) in [7, 11) is 1.49. The Morgan fingerprint density at radius 3 is 2.50 bits per heavy atom. The van der Waals surface area contributed by atoms with Crippen LogP contribution in [0, 0.1) is 12.7 Å². The van der Waals surface area contributed by atoms with Gasteiger partial charge in [0, 0.05) is 31.1 Å². The summed E-state index contributed by atoms with van der Waals surface area (Å²) in [6, 6.07) is 11.4. The summed E-state index contributed by atoms with van der Waals surface area (Å²) in [5.74, 6) is -1.74. The monoisotopic (exact) mass is 497 g/mol. The molecule has 188 valence electrons. The first kappa shape index (κ1) is 24.7. The van der Waals surface area contributed by atoms with Gasteiger partial charge >= 0.3 is 11.8 Å². The van der Waals surface area contributed by atoms with Crippen LogP contribution in [0.4, 0.5) is 15.8 Å². The number of furan rings is 1. The Morgan fingerprint density at radius 1 is 1.06 bits per heavy atom. The van der Waals surface area contributed by atoms with E-state index in [0.29, 0.717) is 17.3 Å². The molecular formula is C25H24FN3O7. The molecule has 0 aliphatic carbocycles. The Bertz CT molecular complexity index is 1260. The fourth-order valence-electron chi connectivity index (χ4n) is 3.59. The smallest absolute Gasteiger partial charge is 0.317 e. The zero-order valence-electron chi connectivity index (χ0n) is 19.6. The molecular weight excluding hydrogens is 473 g/mol. The number of carbonyl (C=O) groups is 3. The number of methoxy groups -OCH3 is 1. The van der Waals surface area contributed by atoms with Crippen LogP contribution in [0.2, 0.25) is 0 Å². The van der Waals surface area contributed by atoms with Gasteiger partial charge in [-0.15, -0.1) is 0 Å². The second-order valence-corrected chi connectivity index (χ2v) is 7.81. The van der Waals surface area contributed by atoms with Crippen molar-refractivity contribution in [1.29, 1.82) is 0 Å². The third-order valence-electron chi connectivity index (χ3n) is 5.29. The average Bonchev–Trinajstić information content (AvgIpc) is 3.51. The van der Waals surface area contributed by atoms with Crippen LogP contribution in [-0.2, 0) is 19.1 Å². The average molecular weight is 497 g/mol. The standard InChI is InChI=1S/C25H24FN3O7/c1-15-3-9-20(36-15)22(23(30)27-11-12-33-2)29(18-8-10-19-21(13-18)35-14-34-19)25(32)24(31)28-17-6-4-16(26)5-7-17/h3-10,13,22H,11-12,14H2,1-2H3,(H,27,30)(H,28,31)/t22-/m1/s1. The maximum atomic E-state index is 13.6. The molecule has 1 aliphatic heterocycles. The molecule has 11 heteroatoms. The predicted octanol–water partition coefficient (Wildman–Crippen LogP) is 2.93. The van der Waals surface area contributed by atoms with Crippen molar-refractivity contribution in [2.45, 2.75) is 13.0 Å². The zero-order valence-corrected chi connectivity index (χ0v) is 19.6. The minimum atomic E-state index is -1.35. The van der Waals surface area contributed by atoms with Gasteiger partial charge in [0.05, 0.1) is 6.61 Å². The number of nitrogens with zero attached hydrogens (tertiary/aromatic N) is 1. The molecule has 1 aliphatic rings. The van der Waals surface area contributed by atoms with Gasteiger partial charge < -0.3 is 29.3 Å². The number of carbonyl (C=O) groups excluding carboxylic acids is 3. The molecule has 36 heavy (non-hydrogen) atoms. The van der Waals surface area contributed by atoms with Crippen LogP contribution in [0.15, 0.2) is 59.0 Å². The summed E-state index contributed by atoms with van der Waals surface area (Å²) >= 11 is 0. The number of benzene rings is 2. The number of ether oxygens (including phenoxy) is 3. The van der Waals surface area contributed by atoms with Crippen LogP contribution in [0.3, 0.4) is 0 Å². The first-order chi connectivity index (χ1) is 17.4. The van der Waals surface area contributed by atoms with Gasteiger partial charge in [-0.2, -0.15) is 0 Å². The molecule has 0 bridgehead atoms. The molecule has 2 aromatic carbocycles. The molecule has 1 aromatic heterocycles. The Hall–Kier alpha value is -4.38. The number of rotatable bonds is 8. The number of anilines is 2. The summed E-state index contributed by atoms with van der Waals surface area (Å²) in [6.45, 7) is 2.09. The quantitative estimate of drug-likeness (QED) is 0.363. The summed E-state index contributed by atoms with van der Waals surface area (Å²) in [4.78, 5) is 41.0. The van der Waals surface area contributed by atoms with E-state index in [2.05, 4.69) is 10.6 Å². The molecule has 0 saturated heterocycles. The molecule has 0 saturated carbocycles. The second-order valence-electron chi connectivity index (χ2n) is 7.81. The minimum Gasteiger partial charge on any atom is -0.464 e. The third-order valence-corrected chi connectivity index (χ3v) is 5.29. The van der Waals surface area contributed by atoms with Crippen LogP contribution in [0.1, 0.15) is 17.6 Å². The topological polar surface area (TPSA) is 119 Å². The minimum absolute atomic E-state index is 0.00387. The van der Waals surface area contributed by atoms with Crippen LogP contribution >= 0.6 is 0 Å². The highest BCUT2D eigenvalue weighted by Gasteiger charge is 2.38. The van der Waals surface area contributed by atoms with Crippen molar-refractivity contribution in [1.82, 2.24) is 5.32 Å². The van der Waals surface area contributed by atoms with Gasteiger partial charge in [-0.1, -0.05) is 0 Å². The molecule has 10 nitrogen and oxygen atoms in total. The van der Waals surface area contributed by atoms with E-state index in [4.69, 9.17) is 18.6 Å². The van der Waals surface area contributed by atoms with Gasteiger partial charge in [0.25, 0.3) is 5.91 Å². The Labute approximate surface area is 205 Å². The maximum absolute atomic E-state index is 13.6. The second kappa shape index (κ2) is 10.9. The van der Waals surface area contributed by atoms with E-state index in [0.717, 1.165) is 17.0 Å². The van der Waals surface area contributed by atoms with Gasteiger partial charge in [0.2, 0.25) is 6.79 Å². The number of amides is 3. The highest BCUT2D eigenvalue weighted by molar-refractivity contribution is 6.45. The van der Waals surface area contributed by atoms with Crippen LogP contribution < -0.4 is 25.0 Å². The SMILES string of the molecule is COCCNC(=O)[C@@H](c1ccc(C)o1)N(C(=O)C(=O)Nc1ccc(F)cc1)c1ccc2c(c1)OCO2. The number of nitrogens with one attached hydrogen (secondary N) is 2. The molecule has 0 radical (unpaired) electrons. The fraction of sp³-hybridized carbons (Fsp3) is 0.240. The number of halogens is 1.